The van der Waals surface area contributed by atoms with Crippen LogP contribution in [-0.2, 0) is 15.1 Å². The zero-order valence-corrected chi connectivity index (χ0v) is 10.2. The number of epoxide rings is 1. The summed E-state index contributed by atoms with van der Waals surface area (Å²) in [6.45, 7) is 1.79. The maximum Gasteiger partial charge on any atom is 1.00 e. The summed E-state index contributed by atoms with van der Waals surface area (Å²) in [4.78, 5) is 10.6. The second-order valence-electron chi connectivity index (χ2n) is 3.31. The van der Waals surface area contributed by atoms with Crippen molar-refractivity contribution in [3.8, 4) is 0 Å². The molecule has 0 spiro atoms. The second kappa shape index (κ2) is 4.03. The largest absolute Gasteiger partial charge is 1.00 e. The molecule has 1 aliphatic rings. The molecule has 2 atom stereocenters. The molecule has 68 valence electrons. The smallest absolute Gasteiger partial charge is 0.479 e. The van der Waals surface area contributed by atoms with Crippen LogP contribution < -0.4 is 29.6 Å². The number of carboxylic acid groups (broad SMARTS) is 1. The van der Waals surface area contributed by atoms with Crippen LogP contribution in [0.2, 0.25) is 0 Å². The van der Waals surface area contributed by atoms with Gasteiger partial charge >= 0.3 is 35.5 Å². The summed E-state index contributed by atoms with van der Waals surface area (Å²) in [6, 6.07) is 9.40. The van der Waals surface area contributed by atoms with Crippen molar-refractivity contribution in [3.63, 3.8) is 0 Å². The van der Waals surface area contributed by atoms with Crippen LogP contribution in [0.15, 0.2) is 30.3 Å². The molecule has 3 nitrogen and oxygen atoms in total. The van der Waals surface area contributed by atoms with E-state index in [2.05, 4.69) is 0 Å². The van der Waals surface area contributed by atoms with Gasteiger partial charge in [0.05, 0.1) is 0 Å². The fourth-order valence-electron chi connectivity index (χ4n) is 1.49. The van der Waals surface area contributed by atoms with Gasteiger partial charge in [0.15, 0.2) is 6.10 Å². The van der Waals surface area contributed by atoms with Crippen molar-refractivity contribution in [1.29, 1.82) is 0 Å². The molecule has 14 heavy (non-hydrogen) atoms. The van der Waals surface area contributed by atoms with Crippen molar-refractivity contribution in [3.05, 3.63) is 35.9 Å². The summed E-state index contributed by atoms with van der Waals surface area (Å²) in [7, 11) is 0. The predicted octanol–water partition coefficient (Wildman–Crippen LogP) is -1.61. The maximum atomic E-state index is 10.6. The molecule has 0 radical (unpaired) electrons. The fourth-order valence-corrected chi connectivity index (χ4v) is 1.49. The fraction of sp³-hybridized carbons (Fsp3) is 0.300. The van der Waals surface area contributed by atoms with Gasteiger partial charge < -0.3 is 9.84 Å². The van der Waals surface area contributed by atoms with Crippen LogP contribution >= 0.6 is 0 Å². The first kappa shape index (κ1) is 11.7. The van der Waals surface area contributed by atoms with E-state index in [1.165, 1.54) is 0 Å². The van der Waals surface area contributed by atoms with Crippen LogP contribution in [0, 0.1) is 0 Å². The molecule has 1 fully saturated rings. The third-order valence-corrected chi connectivity index (χ3v) is 2.38. The maximum absolute atomic E-state index is 10.6. The van der Waals surface area contributed by atoms with E-state index < -0.39 is 17.7 Å². The Balaban J connectivity index is 0.000000980. The number of carboxylic acids is 1. The molecule has 2 rings (SSSR count). The van der Waals surface area contributed by atoms with Crippen LogP contribution in [-0.4, -0.2) is 17.2 Å². The molecule has 0 bridgehead atoms. The van der Waals surface area contributed by atoms with E-state index in [-0.39, 0.29) is 29.6 Å². The van der Waals surface area contributed by atoms with E-state index in [1.54, 1.807) is 6.92 Å². The molecule has 0 saturated carbocycles. The topological polar surface area (TPSA) is 49.8 Å². The minimum atomic E-state index is -0.897. The van der Waals surface area contributed by atoms with Crippen molar-refractivity contribution >= 4 is 5.97 Å². The monoisotopic (exact) mass is 201 g/mol. The SMILES string of the molecule is CC1(c2ccccc2)OC1C(=O)O.[Na+]. The van der Waals surface area contributed by atoms with Crippen molar-refractivity contribution in [2.75, 3.05) is 0 Å². The molecule has 0 amide bonds. The molecule has 4 heteroatoms. The zero-order valence-electron chi connectivity index (χ0n) is 8.23. The van der Waals surface area contributed by atoms with Crippen LogP contribution in [0.5, 0.6) is 0 Å². The van der Waals surface area contributed by atoms with Crippen LogP contribution in [0.25, 0.3) is 0 Å². The number of rotatable bonds is 2. The van der Waals surface area contributed by atoms with Gasteiger partial charge in [0.1, 0.15) is 5.60 Å². The van der Waals surface area contributed by atoms with E-state index >= 15 is 0 Å². The van der Waals surface area contributed by atoms with Crippen molar-refractivity contribution in [2.24, 2.45) is 0 Å². The number of carbonyl (C=O) groups is 1. The molecule has 1 aromatic carbocycles. The summed E-state index contributed by atoms with van der Waals surface area (Å²) in [6.07, 6.45) is -0.685. The molecule has 1 saturated heterocycles. The first-order chi connectivity index (χ1) is 6.14. The molecule has 0 aliphatic carbocycles. The number of hydrogen-bond donors (Lipinski definition) is 1. The molecule has 2 unspecified atom stereocenters. The molecule has 1 N–H and O–H groups in total. The van der Waals surface area contributed by atoms with Gasteiger partial charge in [0.2, 0.25) is 0 Å². The van der Waals surface area contributed by atoms with Gasteiger partial charge in [-0.1, -0.05) is 30.3 Å². The Kier molecular flexibility index (Phi) is 3.37. The number of benzene rings is 1. The summed E-state index contributed by atoms with van der Waals surface area (Å²) in [5.74, 6) is -0.897. The van der Waals surface area contributed by atoms with Crippen LogP contribution in [0.3, 0.4) is 0 Å². The molecule has 1 heterocycles. The second-order valence-corrected chi connectivity index (χ2v) is 3.31. The Labute approximate surface area is 104 Å². The molecule has 1 aliphatic heterocycles. The van der Waals surface area contributed by atoms with Crippen molar-refractivity contribution in [1.82, 2.24) is 0 Å². The Morgan fingerprint density at radius 2 is 2.00 bits per heavy atom. The Morgan fingerprint density at radius 1 is 1.43 bits per heavy atom. The van der Waals surface area contributed by atoms with Gasteiger partial charge in [-0.05, 0) is 12.5 Å². The van der Waals surface area contributed by atoms with Gasteiger partial charge in [0.25, 0.3) is 0 Å². The zero-order chi connectivity index (χ0) is 9.47. The van der Waals surface area contributed by atoms with Gasteiger partial charge in [0, 0.05) is 0 Å². The Bertz CT molecular complexity index is 338. The van der Waals surface area contributed by atoms with E-state index in [0.29, 0.717) is 0 Å². The molecule has 0 aromatic heterocycles. The third-order valence-electron chi connectivity index (χ3n) is 2.38. The van der Waals surface area contributed by atoms with Crippen molar-refractivity contribution in [2.45, 2.75) is 18.6 Å². The first-order valence-electron chi connectivity index (χ1n) is 4.11. The summed E-state index contributed by atoms with van der Waals surface area (Å²) >= 11 is 0. The number of ether oxygens (including phenoxy) is 1. The summed E-state index contributed by atoms with van der Waals surface area (Å²) in [5, 5.41) is 8.73. The average molecular weight is 201 g/mol. The van der Waals surface area contributed by atoms with Crippen LogP contribution in [0.4, 0.5) is 0 Å². The predicted molar refractivity (Wildman–Crippen MR) is 46.3 cm³/mol. The summed E-state index contributed by atoms with van der Waals surface area (Å²) < 4.78 is 5.15. The molecular weight excluding hydrogens is 191 g/mol. The van der Waals surface area contributed by atoms with Gasteiger partial charge in [-0.2, -0.15) is 0 Å². The quantitative estimate of drug-likeness (QED) is 0.462. The van der Waals surface area contributed by atoms with Crippen molar-refractivity contribution < 1.29 is 44.2 Å². The minimum absolute atomic E-state index is 0. The summed E-state index contributed by atoms with van der Waals surface area (Å²) in [5.41, 5.74) is 0.301. The van der Waals surface area contributed by atoms with Crippen LogP contribution in [0.1, 0.15) is 12.5 Å². The Hall–Kier alpha value is -0.350. The third kappa shape index (κ3) is 1.86. The van der Waals surface area contributed by atoms with Gasteiger partial charge in [-0.15, -0.1) is 0 Å². The van der Waals surface area contributed by atoms with E-state index in [0.717, 1.165) is 5.56 Å². The first-order valence-corrected chi connectivity index (χ1v) is 4.11. The average Bonchev–Trinajstić information content (AvgIpc) is 2.82. The standard InChI is InChI=1S/C10H10O3.Na/c1-10(8(13-10)9(11)12)7-5-3-2-4-6-7;/h2-6,8H,1H3,(H,11,12);/q;+1. The molecular formula is C10H10NaO3+. The number of aliphatic carboxylic acids is 1. The molecule has 1 aromatic rings. The van der Waals surface area contributed by atoms with E-state index in [4.69, 9.17) is 9.84 Å². The van der Waals surface area contributed by atoms with E-state index in [1.807, 2.05) is 30.3 Å². The minimum Gasteiger partial charge on any atom is -0.479 e. The Morgan fingerprint density at radius 3 is 2.43 bits per heavy atom. The van der Waals surface area contributed by atoms with Gasteiger partial charge in [-0.3, -0.25) is 0 Å². The van der Waals surface area contributed by atoms with E-state index in [9.17, 15) is 4.79 Å². The normalized spacial score (nSPS) is 29.1. The van der Waals surface area contributed by atoms with Gasteiger partial charge in [-0.25, -0.2) is 4.79 Å². The number of hydrogen-bond acceptors (Lipinski definition) is 2.